The van der Waals surface area contributed by atoms with Crippen molar-refractivity contribution in [3.63, 3.8) is 0 Å². The molecule has 2 aliphatic heterocycles. The van der Waals surface area contributed by atoms with Crippen molar-refractivity contribution in [3.05, 3.63) is 46.2 Å². The number of rotatable bonds is 5. The third kappa shape index (κ3) is 3.52. The Labute approximate surface area is 146 Å². The maximum atomic E-state index is 6.22. The van der Waals surface area contributed by atoms with E-state index in [9.17, 15) is 0 Å². The van der Waals surface area contributed by atoms with Gasteiger partial charge in [-0.1, -0.05) is 6.07 Å². The number of hydrogen-bond acceptors (Lipinski definition) is 6. The van der Waals surface area contributed by atoms with Gasteiger partial charge in [0.1, 0.15) is 11.1 Å². The summed E-state index contributed by atoms with van der Waals surface area (Å²) >= 11 is 1.72. The van der Waals surface area contributed by atoms with Crippen LogP contribution in [0.1, 0.15) is 29.2 Å². The molecule has 2 aromatic rings. The lowest BCUT2D eigenvalue weighted by atomic mass is 10.0. The molecule has 0 aliphatic carbocycles. The zero-order chi connectivity index (χ0) is 16.4. The van der Waals surface area contributed by atoms with Crippen molar-refractivity contribution in [3.8, 4) is 0 Å². The number of ether oxygens (including phenoxy) is 2. The van der Waals surface area contributed by atoms with Crippen molar-refractivity contribution < 1.29 is 9.47 Å². The Morgan fingerprint density at radius 2 is 2.38 bits per heavy atom. The summed E-state index contributed by atoms with van der Waals surface area (Å²) in [5.74, 6) is 0. The monoisotopic (exact) mass is 345 g/mol. The first-order valence-electron chi connectivity index (χ1n) is 8.58. The molecule has 0 saturated carbocycles. The molecule has 4 heterocycles. The van der Waals surface area contributed by atoms with Crippen LogP contribution in [0.4, 0.5) is 0 Å². The highest BCUT2D eigenvalue weighted by Gasteiger charge is 2.44. The van der Waals surface area contributed by atoms with Crippen LogP contribution < -0.4 is 0 Å². The zero-order valence-electron chi connectivity index (χ0n) is 13.9. The molecule has 5 nitrogen and oxygen atoms in total. The van der Waals surface area contributed by atoms with Gasteiger partial charge in [-0.05, 0) is 31.9 Å². The Bertz CT molecular complexity index is 664. The van der Waals surface area contributed by atoms with Gasteiger partial charge in [0, 0.05) is 36.5 Å². The van der Waals surface area contributed by atoms with Gasteiger partial charge in [-0.3, -0.25) is 9.88 Å². The third-order valence-corrected chi connectivity index (χ3v) is 5.56. The van der Waals surface area contributed by atoms with Gasteiger partial charge in [0.15, 0.2) is 0 Å². The number of pyridine rings is 1. The van der Waals surface area contributed by atoms with E-state index >= 15 is 0 Å². The van der Waals surface area contributed by atoms with Crippen LogP contribution in [0.25, 0.3) is 0 Å². The molecule has 128 valence electrons. The standard InChI is InChI=1S/C18H23N3O2S/c1-13-4-2-5-14(20-13)12-23-16-10-21(11-17-19-7-9-24-17)15-6-3-8-22-18(15)16/h2,4-5,7,9,15-16,18H,3,6,8,10-12H2,1H3/t15-,16+,18+/m0/s1. The van der Waals surface area contributed by atoms with Gasteiger partial charge in [-0.15, -0.1) is 11.3 Å². The summed E-state index contributed by atoms with van der Waals surface area (Å²) in [7, 11) is 0. The van der Waals surface area contributed by atoms with E-state index in [0.717, 1.165) is 37.5 Å². The zero-order valence-corrected chi connectivity index (χ0v) is 14.7. The van der Waals surface area contributed by atoms with E-state index in [-0.39, 0.29) is 12.2 Å². The molecule has 2 aromatic heterocycles. The van der Waals surface area contributed by atoms with Crippen molar-refractivity contribution in [1.82, 2.24) is 14.9 Å². The second-order valence-electron chi connectivity index (χ2n) is 6.52. The SMILES string of the molecule is Cc1cccc(CO[C@@H]2CN(Cc3nccs3)[C@H]3CCCO[C@@H]23)n1. The average Bonchev–Trinajstić information content (AvgIpc) is 3.22. The van der Waals surface area contributed by atoms with Crippen LogP contribution in [0.3, 0.4) is 0 Å². The highest BCUT2D eigenvalue weighted by Crippen LogP contribution is 2.32. The molecule has 6 heteroatoms. The number of aromatic nitrogens is 2. The summed E-state index contributed by atoms with van der Waals surface area (Å²) < 4.78 is 12.3. The fourth-order valence-corrected chi connectivity index (χ4v) is 4.35. The lowest BCUT2D eigenvalue weighted by Gasteiger charge is -2.32. The molecule has 2 saturated heterocycles. The van der Waals surface area contributed by atoms with Crippen molar-refractivity contribution in [1.29, 1.82) is 0 Å². The van der Waals surface area contributed by atoms with Crippen molar-refractivity contribution in [2.75, 3.05) is 13.2 Å². The van der Waals surface area contributed by atoms with Gasteiger partial charge >= 0.3 is 0 Å². The Kier molecular flexibility index (Phi) is 4.89. The fraction of sp³-hybridized carbons (Fsp3) is 0.556. The minimum atomic E-state index is 0.109. The molecule has 24 heavy (non-hydrogen) atoms. The van der Waals surface area contributed by atoms with Crippen molar-refractivity contribution in [2.24, 2.45) is 0 Å². The summed E-state index contributed by atoms with van der Waals surface area (Å²) in [5, 5.41) is 3.21. The number of thiazole rings is 1. The highest BCUT2D eigenvalue weighted by molar-refractivity contribution is 7.09. The molecule has 0 spiro atoms. The molecule has 0 bridgehead atoms. The molecular formula is C18H23N3O2S. The van der Waals surface area contributed by atoms with Crippen LogP contribution >= 0.6 is 11.3 Å². The number of hydrogen-bond donors (Lipinski definition) is 0. The summed E-state index contributed by atoms with van der Waals surface area (Å²) in [6.07, 6.45) is 4.46. The number of fused-ring (bicyclic) bond motifs is 1. The first-order chi connectivity index (χ1) is 11.8. The maximum absolute atomic E-state index is 6.22. The smallest absolute Gasteiger partial charge is 0.107 e. The Morgan fingerprint density at radius 1 is 1.42 bits per heavy atom. The van der Waals surface area contributed by atoms with Crippen LogP contribution in [0.15, 0.2) is 29.8 Å². The Hall–Kier alpha value is -1.34. The average molecular weight is 345 g/mol. The lowest BCUT2D eigenvalue weighted by Crippen LogP contribution is -2.41. The number of likely N-dealkylation sites (tertiary alicyclic amines) is 1. The first-order valence-corrected chi connectivity index (χ1v) is 9.46. The minimum absolute atomic E-state index is 0.109. The molecule has 3 atom stereocenters. The predicted molar refractivity (Wildman–Crippen MR) is 92.8 cm³/mol. The van der Waals surface area contributed by atoms with Gasteiger partial charge in [-0.25, -0.2) is 4.98 Å². The van der Waals surface area contributed by atoms with Crippen LogP contribution in [-0.4, -0.2) is 46.3 Å². The van der Waals surface area contributed by atoms with Crippen LogP contribution in [-0.2, 0) is 22.6 Å². The summed E-state index contributed by atoms with van der Waals surface area (Å²) in [5.41, 5.74) is 2.01. The van der Waals surface area contributed by atoms with E-state index in [1.165, 1.54) is 11.4 Å². The van der Waals surface area contributed by atoms with Gasteiger partial charge in [0.2, 0.25) is 0 Å². The normalized spacial score (nSPS) is 27.3. The fourth-order valence-electron chi connectivity index (χ4n) is 3.71. The molecular weight excluding hydrogens is 322 g/mol. The molecule has 0 N–H and O–H groups in total. The van der Waals surface area contributed by atoms with Crippen molar-refractivity contribution >= 4 is 11.3 Å². The number of nitrogens with zero attached hydrogens (tertiary/aromatic N) is 3. The first kappa shape index (κ1) is 16.1. The molecule has 0 amide bonds. The van der Waals surface area contributed by atoms with E-state index < -0.39 is 0 Å². The van der Waals surface area contributed by atoms with E-state index in [2.05, 4.69) is 14.9 Å². The van der Waals surface area contributed by atoms with Gasteiger partial charge < -0.3 is 9.47 Å². The van der Waals surface area contributed by atoms with Gasteiger partial charge in [-0.2, -0.15) is 0 Å². The number of aryl methyl sites for hydroxylation is 1. The van der Waals surface area contributed by atoms with Crippen LogP contribution in [0.5, 0.6) is 0 Å². The second kappa shape index (κ2) is 7.27. The lowest BCUT2D eigenvalue weighted by molar-refractivity contribution is -0.0824. The Balaban J connectivity index is 1.42. The predicted octanol–water partition coefficient (Wildman–Crippen LogP) is 2.80. The maximum Gasteiger partial charge on any atom is 0.107 e. The molecule has 4 rings (SSSR count). The topological polar surface area (TPSA) is 47.5 Å². The largest absolute Gasteiger partial charge is 0.374 e. The molecule has 0 radical (unpaired) electrons. The second-order valence-corrected chi connectivity index (χ2v) is 7.50. The minimum Gasteiger partial charge on any atom is -0.374 e. The van der Waals surface area contributed by atoms with Crippen LogP contribution in [0, 0.1) is 6.92 Å². The van der Waals surface area contributed by atoms with E-state index in [1.54, 1.807) is 11.3 Å². The van der Waals surface area contributed by atoms with Gasteiger partial charge in [0.25, 0.3) is 0 Å². The van der Waals surface area contributed by atoms with Crippen molar-refractivity contribution in [2.45, 2.75) is 51.2 Å². The quantitative estimate of drug-likeness (QED) is 0.834. The van der Waals surface area contributed by atoms with Crippen LogP contribution in [0.2, 0.25) is 0 Å². The van der Waals surface area contributed by atoms with E-state index in [0.29, 0.717) is 12.6 Å². The summed E-state index contributed by atoms with van der Waals surface area (Å²) in [4.78, 5) is 11.4. The van der Waals surface area contributed by atoms with Gasteiger partial charge in [0.05, 0.1) is 24.9 Å². The highest BCUT2D eigenvalue weighted by atomic mass is 32.1. The molecule has 2 fully saturated rings. The van der Waals surface area contributed by atoms with E-state index in [1.807, 2.05) is 36.7 Å². The summed E-state index contributed by atoms with van der Waals surface area (Å²) in [6, 6.07) is 6.51. The Morgan fingerprint density at radius 3 is 3.21 bits per heavy atom. The summed E-state index contributed by atoms with van der Waals surface area (Å²) in [6.45, 7) is 5.19. The molecule has 0 unspecified atom stereocenters. The third-order valence-electron chi connectivity index (χ3n) is 4.80. The molecule has 2 aliphatic rings. The van der Waals surface area contributed by atoms with E-state index in [4.69, 9.17) is 9.47 Å². The molecule has 0 aromatic carbocycles.